The highest BCUT2D eigenvalue weighted by Gasteiger charge is 2.22. The largest absolute Gasteiger partial charge is 0.312 e. The molecule has 0 radical (unpaired) electrons. The lowest BCUT2D eigenvalue weighted by Crippen LogP contribution is -2.22. The van der Waals surface area contributed by atoms with Crippen LogP contribution in [-0.2, 0) is 4.79 Å². The fraction of sp³-hybridized carbons (Fsp3) is 0.308. The molecule has 1 aromatic carbocycles. The van der Waals surface area contributed by atoms with Gasteiger partial charge in [0.05, 0.1) is 0 Å². The molecule has 0 aliphatic carbocycles. The number of carbonyl (C=O) groups is 1. The van der Waals surface area contributed by atoms with Gasteiger partial charge in [-0.05, 0) is 18.9 Å². The number of amides is 1. The van der Waals surface area contributed by atoms with Crippen LogP contribution in [0.2, 0.25) is 0 Å². The Morgan fingerprint density at radius 1 is 1.33 bits per heavy atom. The molecule has 1 aromatic rings. The lowest BCUT2D eigenvalue weighted by atomic mass is 10.1. The van der Waals surface area contributed by atoms with E-state index >= 15 is 0 Å². The van der Waals surface area contributed by atoms with E-state index in [1.54, 1.807) is 4.90 Å². The van der Waals surface area contributed by atoms with Crippen molar-refractivity contribution in [3.05, 3.63) is 42.0 Å². The molecule has 0 bridgehead atoms. The highest BCUT2D eigenvalue weighted by Crippen LogP contribution is 2.23. The van der Waals surface area contributed by atoms with Gasteiger partial charge in [0.1, 0.15) is 0 Å². The number of aryl methyl sites for hydroxylation is 1. The molecular weight excluding hydrogens is 186 g/mol. The van der Waals surface area contributed by atoms with Gasteiger partial charge in [-0.3, -0.25) is 4.79 Å². The summed E-state index contributed by atoms with van der Waals surface area (Å²) < 4.78 is 0. The topological polar surface area (TPSA) is 20.3 Å². The molecule has 0 unspecified atom stereocenters. The third-order valence-electron chi connectivity index (χ3n) is 2.78. The maximum atomic E-state index is 11.5. The summed E-state index contributed by atoms with van der Waals surface area (Å²) in [7, 11) is 0. The van der Waals surface area contributed by atoms with Gasteiger partial charge in [0.15, 0.2) is 0 Å². The molecule has 1 fully saturated rings. The van der Waals surface area contributed by atoms with Crippen molar-refractivity contribution < 1.29 is 4.79 Å². The van der Waals surface area contributed by atoms with E-state index in [9.17, 15) is 4.79 Å². The molecular formula is C13H15NO. The fourth-order valence-electron chi connectivity index (χ4n) is 1.84. The molecule has 1 saturated heterocycles. The minimum absolute atomic E-state index is 0.195. The molecule has 0 spiro atoms. The molecule has 2 rings (SSSR count). The number of nitrogens with zero attached hydrogens (tertiary/aromatic N) is 1. The maximum Gasteiger partial charge on any atom is 0.227 e. The smallest absolute Gasteiger partial charge is 0.227 e. The molecule has 78 valence electrons. The molecule has 1 heterocycles. The van der Waals surface area contributed by atoms with Crippen LogP contribution in [0.5, 0.6) is 0 Å². The summed E-state index contributed by atoms with van der Waals surface area (Å²) in [5.74, 6) is 0.195. The Morgan fingerprint density at radius 3 is 2.53 bits per heavy atom. The minimum Gasteiger partial charge on any atom is -0.312 e. The molecule has 1 aliphatic heterocycles. The summed E-state index contributed by atoms with van der Waals surface area (Å²) in [6.45, 7) is 6.85. The lowest BCUT2D eigenvalue weighted by Gasteiger charge is -2.18. The van der Waals surface area contributed by atoms with Gasteiger partial charge < -0.3 is 4.90 Å². The van der Waals surface area contributed by atoms with Gasteiger partial charge >= 0.3 is 0 Å². The summed E-state index contributed by atoms with van der Waals surface area (Å²) in [4.78, 5) is 13.3. The van der Waals surface area contributed by atoms with Crippen LogP contribution in [0.3, 0.4) is 0 Å². The zero-order valence-corrected chi connectivity index (χ0v) is 8.99. The summed E-state index contributed by atoms with van der Waals surface area (Å²) in [5, 5.41) is 0. The Morgan fingerprint density at radius 2 is 2.00 bits per heavy atom. The van der Waals surface area contributed by atoms with Crippen molar-refractivity contribution >= 4 is 11.6 Å². The average molecular weight is 201 g/mol. The molecule has 0 N–H and O–H groups in total. The first-order valence-corrected chi connectivity index (χ1v) is 5.25. The normalized spacial score (nSPS) is 15.8. The van der Waals surface area contributed by atoms with Crippen LogP contribution >= 0.6 is 0 Å². The van der Waals surface area contributed by atoms with Crippen LogP contribution in [0.4, 0.5) is 0 Å². The van der Waals surface area contributed by atoms with Crippen LogP contribution < -0.4 is 0 Å². The van der Waals surface area contributed by atoms with Gasteiger partial charge in [-0.15, -0.1) is 0 Å². The number of hydrogen-bond acceptors (Lipinski definition) is 1. The van der Waals surface area contributed by atoms with Gasteiger partial charge in [0, 0.05) is 18.7 Å². The van der Waals surface area contributed by atoms with Gasteiger partial charge in [0.25, 0.3) is 0 Å². The summed E-state index contributed by atoms with van der Waals surface area (Å²) in [5.41, 5.74) is 3.09. The monoisotopic (exact) mass is 201 g/mol. The lowest BCUT2D eigenvalue weighted by molar-refractivity contribution is -0.124. The van der Waals surface area contributed by atoms with Crippen LogP contribution in [-0.4, -0.2) is 17.4 Å². The SMILES string of the molecule is C=C(c1ccc(C)cc1)N1CCCC1=O. The standard InChI is InChI=1S/C13H15NO/c1-10-5-7-12(8-6-10)11(2)14-9-3-4-13(14)15/h5-8H,2-4,9H2,1H3. The predicted octanol–water partition coefficient (Wildman–Crippen LogP) is 2.59. The van der Waals surface area contributed by atoms with E-state index in [2.05, 4.69) is 6.58 Å². The van der Waals surface area contributed by atoms with Crippen molar-refractivity contribution in [3.63, 3.8) is 0 Å². The van der Waals surface area contributed by atoms with Crippen LogP contribution in [0.15, 0.2) is 30.8 Å². The Balaban J connectivity index is 2.20. The van der Waals surface area contributed by atoms with E-state index in [1.165, 1.54) is 5.56 Å². The average Bonchev–Trinajstić information content (AvgIpc) is 2.65. The second-order valence-corrected chi connectivity index (χ2v) is 3.96. The number of rotatable bonds is 2. The van der Waals surface area contributed by atoms with Crippen LogP contribution in [0.25, 0.3) is 5.70 Å². The van der Waals surface area contributed by atoms with Crippen molar-refractivity contribution in [2.24, 2.45) is 0 Å². The minimum atomic E-state index is 0.195. The fourth-order valence-corrected chi connectivity index (χ4v) is 1.84. The first kappa shape index (κ1) is 9.97. The first-order valence-electron chi connectivity index (χ1n) is 5.25. The molecule has 15 heavy (non-hydrogen) atoms. The van der Waals surface area contributed by atoms with Crippen molar-refractivity contribution in [1.82, 2.24) is 4.90 Å². The molecule has 1 aliphatic rings. The third-order valence-corrected chi connectivity index (χ3v) is 2.78. The van der Waals surface area contributed by atoms with Gasteiger partial charge in [0.2, 0.25) is 5.91 Å². The Hall–Kier alpha value is -1.57. The molecule has 0 atom stereocenters. The Kier molecular flexibility index (Phi) is 2.58. The Labute approximate surface area is 90.2 Å². The molecule has 0 aromatic heterocycles. The molecule has 2 heteroatoms. The number of likely N-dealkylation sites (tertiary alicyclic amines) is 1. The van der Waals surface area contributed by atoms with Crippen LogP contribution in [0.1, 0.15) is 24.0 Å². The zero-order chi connectivity index (χ0) is 10.8. The third kappa shape index (κ3) is 1.94. The quantitative estimate of drug-likeness (QED) is 0.720. The van der Waals surface area contributed by atoms with Crippen molar-refractivity contribution in [2.45, 2.75) is 19.8 Å². The van der Waals surface area contributed by atoms with Crippen molar-refractivity contribution in [1.29, 1.82) is 0 Å². The van der Waals surface area contributed by atoms with E-state index in [-0.39, 0.29) is 5.91 Å². The van der Waals surface area contributed by atoms with Crippen LogP contribution in [0, 0.1) is 6.92 Å². The zero-order valence-electron chi connectivity index (χ0n) is 8.99. The summed E-state index contributed by atoms with van der Waals surface area (Å²) in [6.07, 6.45) is 1.61. The Bertz CT molecular complexity index is 392. The van der Waals surface area contributed by atoms with Gasteiger partial charge in [-0.25, -0.2) is 0 Å². The summed E-state index contributed by atoms with van der Waals surface area (Å²) in [6, 6.07) is 8.12. The van der Waals surface area contributed by atoms with Gasteiger partial charge in [-0.1, -0.05) is 36.4 Å². The predicted molar refractivity (Wildman–Crippen MR) is 61.2 cm³/mol. The highest BCUT2D eigenvalue weighted by atomic mass is 16.2. The van der Waals surface area contributed by atoms with E-state index in [4.69, 9.17) is 0 Å². The number of carbonyl (C=O) groups excluding carboxylic acids is 1. The van der Waals surface area contributed by atoms with E-state index < -0.39 is 0 Å². The van der Waals surface area contributed by atoms with E-state index in [0.29, 0.717) is 6.42 Å². The number of benzene rings is 1. The van der Waals surface area contributed by atoms with E-state index in [1.807, 2.05) is 31.2 Å². The second-order valence-electron chi connectivity index (χ2n) is 3.96. The second kappa shape index (κ2) is 3.89. The molecule has 1 amide bonds. The maximum absolute atomic E-state index is 11.5. The highest BCUT2D eigenvalue weighted by molar-refractivity contribution is 5.87. The van der Waals surface area contributed by atoms with Crippen molar-refractivity contribution in [3.8, 4) is 0 Å². The van der Waals surface area contributed by atoms with Crippen molar-refractivity contribution in [2.75, 3.05) is 6.54 Å². The molecule has 2 nitrogen and oxygen atoms in total. The first-order chi connectivity index (χ1) is 7.18. The number of hydrogen-bond donors (Lipinski definition) is 0. The van der Waals surface area contributed by atoms with E-state index in [0.717, 1.165) is 24.2 Å². The summed E-state index contributed by atoms with van der Waals surface area (Å²) >= 11 is 0. The molecule has 0 saturated carbocycles. The van der Waals surface area contributed by atoms with Gasteiger partial charge in [-0.2, -0.15) is 0 Å².